The van der Waals surface area contributed by atoms with Gasteiger partial charge in [0, 0.05) is 18.1 Å². The number of carbonyl (C=O) groups is 1. The molecule has 0 bridgehead atoms. The molecule has 1 heterocycles. The third-order valence-electron chi connectivity index (χ3n) is 4.00. The van der Waals surface area contributed by atoms with Crippen LogP contribution in [0.4, 0.5) is 0 Å². The van der Waals surface area contributed by atoms with Crippen molar-refractivity contribution < 1.29 is 14.3 Å². The van der Waals surface area contributed by atoms with Gasteiger partial charge in [-0.1, -0.05) is 30.3 Å². The molecule has 0 aliphatic rings. The van der Waals surface area contributed by atoms with Crippen LogP contribution in [0.25, 0.3) is 10.9 Å². The summed E-state index contributed by atoms with van der Waals surface area (Å²) in [6.07, 6.45) is 2.04. The molecule has 1 N–H and O–H groups in total. The van der Waals surface area contributed by atoms with E-state index in [0.29, 0.717) is 24.5 Å². The van der Waals surface area contributed by atoms with E-state index in [9.17, 15) is 4.79 Å². The van der Waals surface area contributed by atoms with Gasteiger partial charge in [0.25, 0.3) is 0 Å². The first-order chi connectivity index (χ1) is 12.2. The van der Waals surface area contributed by atoms with Gasteiger partial charge in [-0.2, -0.15) is 0 Å². The minimum atomic E-state index is -0.0482. The fourth-order valence-electron chi connectivity index (χ4n) is 2.74. The number of carbonyl (C=O) groups excluding carboxylic acids is 1. The zero-order valence-electron chi connectivity index (χ0n) is 14.3. The normalized spacial score (nSPS) is 10.5. The Morgan fingerprint density at radius 2 is 1.84 bits per heavy atom. The van der Waals surface area contributed by atoms with Crippen LogP contribution in [0.2, 0.25) is 0 Å². The van der Waals surface area contributed by atoms with Crippen LogP contribution >= 0.6 is 0 Å². The summed E-state index contributed by atoms with van der Waals surface area (Å²) < 4.78 is 10.5. The quantitative estimate of drug-likeness (QED) is 0.751. The van der Waals surface area contributed by atoms with Crippen molar-refractivity contribution >= 4 is 16.8 Å². The second-order valence-electron chi connectivity index (χ2n) is 5.64. The molecule has 25 heavy (non-hydrogen) atoms. The molecule has 5 nitrogen and oxygen atoms in total. The number of nitrogens with zero attached hydrogens (tertiary/aromatic N) is 1. The molecule has 2 aromatic carbocycles. The Morgan fingerprint density at radius 3 is 2.64 bits per heavy atom. The molecule has 0 spiro atoms. The van der Waals surface area contributed by atoms with E-state index in [1.165, 1.54) is 0 Å². The van der Waals surface area contributed by atoms with Crippen molar-refractivity contribution in [2.75, 3.05) is 14.2 Å². The number of fused-ring (bicyclic) bond motifs is 1. The highest BCUT2D eigenvalue weighted by molar-refractivity contribution is 5.87. The molecule has 1 amide bonds. The summed E-state index contributed by atoms with van der Waals surface area (Å²) in [4.78, 5) is 16.7. The summed E-state index contributed by atoms with van der Waals surface area (Å²) in [7, 11) is 3.19. The van der Waals surface area contributed by atoms with Gasteiger partial charge in [-0.25, -0.2) is 0 Å². The average molecular weight is 336 g/mol. The van der Waals surface area contributed by atoms with Crippen LogP contribution in [0, 0.1) is 0 Å². The van der Waals surface area contributed by atoms with E-state index in [1.54, 1.807) is 20.4 Å². The van der Waals surface area contributed by atoms with Gasteiger partial charge in [-0.3, -0.25) is 9.78 Å². The molecular weight excluding hydrogens is 316 g/mol. The first kappa shape index (κ1) is 16.8. The van der Waals surface area contributed by atoms with Crippen molar-refractivity contribution in [1.82, 2.24) is 10.3 Å². The third kappa shape index (κ3) is 3.88. The van der Waals surface area contributed by atoms with Gasteiger partial charge in [-0.05, 0) is 29.3 Å². The van der Waals surface area contributed by atoms with Gasteiger partial charge >= 0.3 is 0 Å². The number of benzene rings is 2. The van der Waals surface area contributed by atoms with Crippen molar-refractivity contribution in [2.24, 2.45) is 0 Å². The summed E-state index contributed by atoms with van der Waals surface area (Å²) in [5, 5.41) is 3.97. The van der Waals surface area contributed by atoms with Crippen molar-refractivity contribution in [3.8, 4) is 11.5 Å². The number of hydrogen-bond acceptors (Lipinski definition) is 4. The molecule has 0 saturated carbocycles. The molecule has 0 aliphatic carbocycles. The second-order valence-corrected chi connectivity index (χ2v) is 5.64. The van der Waals surface area contributed by atoms with Crippen molar-refractivity contribution in [3.05, 3.63) is 65.9 Å². The highest BCUT2D eigenvalue weighted by atomic mass is 16.5. The number of ether oxygens (including phenoxy) is 2. The first-order valence-corrected chi connectivity index (χ1v) is 8.01. The van der Waals surface area contributed by atoms with Gasteiger partial charge in [0.1, 0.15) is 0 Å². The molecule has 0 fully saturated rings. The number of methoxy groups -OCH3 is 2. The van der Waals surface area contributed by atoms with Gasteiger partial charge in [0.15, 0.2) is 11.5 Å². The minimum absolute atomic E-state index is 0.0482. The zero-order chi connectivity index (χ0) is 17.6. The smallest absolute Gasteiger partial charge is 0.224 e. The summed E-state index contributed by atoms with van der Waals surface area (Å²) >= 11 is 0. The van der Waals surface area contributed by atoms with Crippen molar-refractivity contribution in [1.29, 1.82) is 0 Å². The van der Waals surface area contributed by atoms with Gasteiger partial charge < -0.3 is 14.8 Å². The minimum Gasteiger partial charge on any atom is -0.493 e. The number of aromatic nitrogens is 1. The number of para-hydroxylation sites is 1. The van der Waals surface area contributed by atoms with Crippen molar-refractivity contribution in [3.63, 3.8) is 0 Å². The van der Waals surface area contributed by atoms with E-state index < -0.39 is 0 Å². The monoisotopic (exact) mass is 336 g/mol. The molecule has 0 radical (unpaired) electrons. The van der Waals surface area contributed by atoms with Gasteiger partial charge in [-0.15, -0.1) is 0 Å². The van der Waals surface area contributed by atoms with E-state index in [2.05, 4.69) is 10.3 Å². The number of hydrogen-bond donors (Lipinski definition) is 1. The maximum atomic E-state index is 12.3. The number of amides is 1. The Morgan fingerprint density at radius 1 is 1.04 bits per heavy atom. The lowest BCUT2D eigenvalue weighted by atomic mass is 10.1. The highest BCUT2D eigenvalue weighted by Gasteiger charge is 2.09. The standard InChI is InChI=1S/C20H20N2O3/c1-24-17-9-8-14(11-18(17)25-2)13-22-19(23)12-16-6-3-5-15-7-4-10-21-20(15)16/h3-11H,12-13H2,1-2H3,(H,22,23). The first-order valence-electron chi connectivity index (χ1n) is 8.01. The number of pyridine rings is 1. The largest absolute Gasteiger partial charge is 0.493 e. The Balaban J connectivity index is 1.67. The molecule has 0 atom stereocenters. The fraction of sp³-hybridized carbons (Fsp3) is 0.200. The van der Waals surface area contributed by atoms with Crippen LogP contribution in [0.3, 0.4) is 0 Å². The van der Waals surface area contributed by atoms with Crippen LogP contribution in [0.5, 0.6) is 11.5 Å². The summed E-state index contributed by atoms with van der Waals surface area (Å²) in [5.74, 6) is 1.26. The Bertz CT molecular complexity index is 888. The SMILES string of the molecule is COc1ccc(CNC(=O)Cc2cccc3cccnc23)cc1OC. The van der Waals surface area contributed by atoms with E-state index >= 15 is 0 Å². The van der Waals surface area contributed by atoms with Gasteiger partial charge in [0.2, 0.25) is 5.91 Å². The molecule has 0 aliphatic heterocycles. The van der Waals surface area contributed by atoms with E-state index in [4.69, 9.17) is 9.47 Å². The lowest BCUT2D eigenvalue weighted by molar-refractivity contribution is -0.120. The molecular formula is C20H20N2O3. The lowest BCUT2D eigenvalue weighted by Gasteiger charge is -2.11. The number of nitrogens with one attached hydrogen (secondary N) is 1. The zero-order valence-corrected chi connectivity index (χ0v) is 14.3. The van der Waals surface area contributed by atoms with E-state index in [0.717, 1.165) is 22.0 Å². The predicted octanol–water partition coefficient (Wildman–Crippen LogP) is 3.11. The molecule has 0 saturated heterocycles. The van der Waals surface area contributed by atoms with E-state index in [1.807, 2.05) is 48.5 Å². The second kappa shape index (κ2) is 7.66. The molecule has 0 unspecified atom stereocenters. The number of rotatable bonds is 6. The molecule has 128 valence electrons. The predicted molar refractivity (Wildman–Crippen MR) is 96.8 cm³/mol. The maximum Gasteiger partial charge on any atom is 0.224 e. The topological polar surface area (TPSA) is 60.5 Å². The summed E-state index contributed by atoms with van der Waals surface area (Å²) in [5.41, 5.74) is 2.73. The molecule has 5 heteroatoms. The summed E-state index contributed by atoms with van der Waals surface area (Å²) in [6, 6.07) is 15.4. The maximum absolute atomic E-state index is 12.3. The average Bonchev–Trinajstić information content (AvgIpc) is 2.66. The Labute approximate surface area is 146 Å². The van der Waals surface area contributed by atoms with Gasteiger partial charge in [0.05, 0.1) is 26.2 Å². The van der Waals surface area contributed by atoms with Crippen LogP contribution in [-0.4, -0.2) is 25.1 Å². The summed E-state index contributed by atoms with van der Waals surface area (Å²) in [6.45, 7) is 0.428. The van der Waals surface area contributed by atoms with Crippen LogP contribution in [0.15, 0.2) is 54.7 Å². The van der Waals surface area contributed by atoms with Crippen LogP contribution in [0.1, 0.15) is 11.1 Å². The third-order valence-corrected chi connectivity index (χ3v) is 4.00. The molecule has 3 aromatic rings. The van der Waals surface area contributed by atoms with Crippen LogP contribution in [-0.2, 0) is 17.8 Å². The fourth-order valence-corrected chi connectivity index (χ4v) is 2.74. The molecule has 1 aromatic heterocycles. The Kier molecular flexibility index (Phi) is 5.14. The van der Waals surface area contributed by atoms with E-state index in [-0.39, 0.29) is 5.91 Å². The Hall–Kier alpha value is -3.08. The molecule has 3 rings (SSSR count). The van der Waals surface area contributed by atoms with Crippen LogP contribution < -0.4 is 14.8 Å². The lowest BCUT2D eigenvalue weighted by Crippen LogP contribution is -2.24. The highest BCUT2D eigenvalue weighted by Crippen LogP contribution is 2.27. The van der Waals surface area contributed by atoms with Crippen molar-refractivity contribution in [2.45, 2.75) is 13.0 Å².